The maximum atomic E-state index is 14.3. The molecule has 48 heavy (non-hydrogen) atoms. The number of aryl methyl sites for hydroxylation is 1. The number of nitriles is 1. The average Bonchev–Trinajstić information content (AvgIpc) is 3.46. The molecule has 1 aliphatic carbocycles. The summed E-state index contributed by atoms with van der Waals surface area (Å²) in [7, 11) is -5.58. The van der Waals surface area contributed by atoms with Crippen molar-refractivity contribution >= 4 is 27.6 Å². The summed E-state index contributed by atoms with van der Waals surface area (Å²) in [6.45, 7) is 0.0783. The maximum absolute atomic E-state index is 14.3. The second-order valence-corrected chi connectivity index (χ2v) is 12.3. The molecule has 0 unspecified atom stereocenters. The number of carbonyl (C=O) groups is 1. The first-order chi connectivity index (χ1) is 22.0. The molecule has 0 atom stereocenters. The highest BCUT2D eigenvalue weighted by molar-refractivity contribution is 7.88. The van der Waals surface area contributed by atoms with Crippen LogP contribution in [0, 0.1) is 11.3 Å². The van der Waals surface area contributed by atoms with Gasteiger partial charge in [0, 0.05) is 32.5 Å². The predicted octanol–water partition coefficient (Wildman–Crippen LogP) is 5.59. The number of halogens is 11. The standard InChI is InChI=1S/C25H19ClF10N6O5S/c1-40-19(17(22(27,28)29)18(39-40)47-48(44,45)23(30,24(31,32)33)25(34,35)36)42-11-14(10-38-42)13-3-4-16(26)15(9-13)20(43)41(7-8-46-2)21(12-37)5-6-21/h3-4,9-11H,5-8H2,1-2H3. The highest BCUT2D eigenvalue weighted by Gasteiger charge is 2.82. The summed E-state index contributed by atoms with van der Waals surface area (Å²) in [5.41, 5.74) is -3.49. The van der Waals surface area contributed by atoms with Gasteiger partial charge < -0.3 is 13.8 Å². The van der Waals surface area contributed by atoms with Gasteiger partial charge in [0.2, 0.25) is 0 Å². The van der Waals surface area contributed by atoms with Crippen LogP contribution in [-0.4, -0.2) is 81.9 Å². The minimum absolute atomic E-state index is 0.0116. The van der Waals surface area contributed by atoms with Gasteiger partial charge in [-0.3, -0.25) is 4.79 Å². The van der Waals surface area contributed by atoms with Crippen LogP contribution in [0.1, 0.15) is 28.8 Å². The molecule has 2 aromatic heterocycles. The Morgan fingerprint density at radius 2 is 1.69 bits per heavy atom. The third-order valence-electron chi connectivity index (χ3n) is 7.07. The molecule has 4 rings (SSSR count). The smallest absolute Gasteiger partial charge is 0.383 e. The van der Waals surface area contributed by atoms with Crippen LogP contribution in [0.25, 0.3) is 16.9 Å². The first-order valence-electron chi connectivity index (χ1n) is 12.9. The van der Waals surface area contributed by atoms with E-state index in [9.17, 15) is 62.4 Å². The molecule has 11 nitrogen and oxygen atoms in total. The lowest BCUT2D eigenvalue weighted by molar-refractivity contribution is -0.307. The minimum Gasteiger partial charge on any atom is -0.383 e. The number of alkyl halides is 10. The fourth-order valence-corrected chi connectivity index (χ4v) is 5.73. The highest BCUT2D eigenvalue weighted by atomic mass is 35.5. The minimum atomic E-state index is -7.63. The molecule has 0 N–H and O–H groups in total. The Balaban J connectivity index is 1.78. The van der Waals surface area contributed by atoms with Crippen molar-refractivity contribution in [2.45, 2.75) is 41.9 Å². The monoisotopic (exact) mass is 740 g/mol. The molecule has 0 aliphatic heterocycles. The number of aromatic nitrogens is 4. The zero-order valence-corrected chi connectivity index (χ0v) is 25.6. The topological polar surface area (TPSA) is 132 Å². The van der Waals surface area contributed by atoms with Gasteiger partial charge in [-0.1, -0.05) is 17.7 Å². The van der Waals surface area contributed by atoms with Gasteiger partial charge in [-0.05, 0) is 30.5 Å². The molecule has 0 bridgehead atoms. The van der Waals surface area contributed by atoms with Crippen molar-refractivity contribution in [2.24, 2.45) is 7.05 Å². The second-order valence-electron chi connectivity index (χ2n) is 10.2. The lowest BCUT2D eigenvalue weighted by Gasteiger charge is -2.28. The molecule has 1 amide bonds. The van der Waals surface area contributed by atoms with E-state index >= 15 is 0 Å². The van der Waals surface area contributed by atoms with Crippen molar-refractivity contribution in [3.05, 3.63) is 46.7 Å². The van der Waals surface area contributed by atoms with E-state index in [1.807, 2.05) is 0 Å². The summed E-state index contributed by atoms with van der Waals surface area (Å²) < 4.78 is 168. The normalized spacial score (nSPS) is 15.2. The second kappa shape index (κ2) is 12.1. The van der Waals surface area contributed by atoms with Crippen molar-refractivity contribution in [1.82, 2.24) is 24.5 Å². The van der Waals surface area contributed by atoms with Crippen molar-refractivity contribution in [2.75, 3.05) is 20.3 Å². The zero-order chi connectivity index (χ0) is 36.3. The number of rotatable bonds is 10. The zero-order valence-electron chi connectivity index (χ0n) is 24.0. The summed E-state index contributed by atoms with van der Waals surface area (Å²) in [6.07, 6.45) is -17.7. The first-order valence-corrected chi connectivity index (χ1v) is 14.7. The van der Waals surface area contributed by atoms with Crippen LogP contribution in [0.3, 0.4) is 0 Å². The van der Waals surface area contributed by atoms with E-state index in [4.69, 9.17) is 16.3 Å². The van der Waals surface area contributed by atoms with E-state index in [-0.39, 0.29) is 39.5 Å². The molecule has 262 valence electrons. The van der Waals surface area contributed by atoms with Gasteiger partial charge in [-0.2, -0.15) is 58.3 Å². The fourth-order valence-electron chi connectivity index (χ4n) is 4.52. The van der Waals surface area contributed by atoms with Gasteiger partial charge in [0.15, 0.2) is 11.4 Å². The van der Waals surface area contributed by atoms with Crippen LogP contribution in [0.4, 0.5) is 43.9 Å². The summed E-state index contributed by atoms with van der Waals surface area (Å²) in [5.74, 6) is -4.32. The third kappa shape index (κ3) is 6.25. The first kappa shape index (κ1) is 36.7. The van der Waals surface area contributed by atoms with Crippen molar-refractivity contribution in [3.8, 4) is 28.9 Å². The average molecular weight is 741 g/mol. The lowest BCUT2D eigenvalue weighted by atomic mass is 10.0. The lowest BCUT2D eigenvalue weighted by Crippen LogP contribution is -2.60. The summed E-state index contributed by atoms with van der Waals surface area (Å²) in [4.78, 5) is 14.7. The van der Waals surface area contributed by atoms with Gasteiger partial charge in [-0.15, -0.1) is 5.10 Å². The number of methoxy groups -OCH3 is 1. The van der Waals surface area contributed by atoms with E-state index in [0.29, 0.717) is 24.6 Å². The predicted molar refractivity (Wildman–Crippen MR) is 142 cm³/mol. The number of carbonyl (C=O) groups excluding carboxylic acids is 1. The number of ether oxygens (including phenoxy) is 1. The van der Waals surface area contributed by atoms with Gasteiger partial charge in [-0.25, -0.2) is 13.8 Å². The molecule has 0 radical (unpaired) electrons. The number of benzene rings is 1. The quantitative estimate of drug-likeness (QED) is 0.194. The molecule has 23 heteroatoms. The SMILES string of the molecule is COCCN(C(=O)c1cc(-c2cnn(-c3c(C(F)(F)F)c(OS(=O)(=O)C(F)(C(F)(F)F)C(F)(F)F)nn3C)c2)ccc1Cl)C1(C#N)CC1. The van der Waals surface area contributed by atoms with Crippen molar-refractivity contribution in [3.63, 3.8) is 0 Å². The van der Waals surface area contributed by atoms with Crippen molar-refractivity contribution in [1.29, 1.82) is 5.26 Å². The largest absolute Gasteiger partial charge is 0.450 e. The fraction of sp³-hybridized carbons (Fsp3) is 0.440. The molecule has 3 aromatic rings. The molecular weight excluding hydrogens is 722 g/mol. The third-order valence-corrected chi connectivity index (χ3v) is 8.93. The Kier molecular flexibility index (Phi) is 9.26. The van der Waals surface area contributed by atoms with E-state index in [1.54, 1.807) is 0 Å². The number of hydrogen-bond acceptors (Lipinski definition) is 8. The van der Waals surface area contributed by atoms with Crippen LogP contribution in [0.2, 0.25) is 5.02 Å². The molecule has 1 saturated carbocycles. The van der Waals surface area contributed by atoms with Crippen LogP contribution in [0.5, 0.6) is 5.88 Å². The van der Waals surface area contributed by atoms with Gasteiger partial charge >= 0.3 is 33.6 Å². The van der Waals surface area contributed by atoms with E-state index in [0.717, 1.165) is 12.4 Å². The number of amides is 1. The number of nitrogens with zero attached hydrogens (tertiary/aromatic N) is 6. The Morgan fingerprint density at radius 3 is 2.19 bits per heavy atom. The molecular formula is C25H19ClF10N6O5S. The van der Waals surface area contributed by atoms with Gasteiger partial charge in [0.1, 0.15) is 5.54 Å². The van der Waals surface area contributed by atoms with E-state index in [1.165, 1.54) is 30.2 Å². The molecule has 1 aliphatic rings. The molecule has 2 heterocycles. The molecule has 0 saturated heterocycles. The molecule has 1 fully saturated rings. The van der Waals surface area contributed by atoms with Crippen LogP contribution < -0.4 is 4.18 Å². The van der Waals surface area contributed by atoms with Gasteiger partial charge in [0.05, 0.1) is 29.5 Å². The van der Waals surface area contributed by atoms with E-state index < -0.39 is 62.4 Å². The van der Waals surface area contributed by atoms with E-state index in [2.05, 4.69) is 20.4 Å². The van der Waals surface area contributed by atoms with Crippen LogP contribution in [-0.2, 0) is 28.1 Å². The Hall–Kier alpha value is -4.10. The van der Waals surface area contributed by atoms with Crippen LogP contribution >= 0.6 is 11.6 Å². The Bertz CT molecular complexity index is 1860. The van der Waals surface area contributed by atoms with Gasteiger partial charge in [0.25, 0.3) is 11.8 Å². The van der Waals surface area contributed by atoms with Crippen LogP contribution in [0.15, 0.2) is 30.6 Å². The Morgan fingerprint density at radius 1 is 1.08 bits per heavy atom. The molecule has 1 aromatic carbocycles. The number of hydrogen-bond donors (Lipinski definition) is 0. The summed E-state index contributed by atoms with van der Waals surface area (Å²) in [6, 6.07) is 5.88. The summed E-state index contributed by atoms with van der Waals surface area (Å²) >= 11 is 6.26. The molecule has 0 spiro atoms. The van der Waals surface area contributed by atoms with Crippen molar-refractivity contribution < 1.29 is 66.0 Å². The maximum Gasteiger partial charge on any atom is 0.450 e. The Labute approximate surface area is 268 Å². The summed E-state index contributed by atoms with van der Waals surface area (Å²) in [5, 5.41) is 9.09. The highest BCUT2D eigenvalue weighted by Crippen LogP contribution is 2.51.